The van der Waals surface area contributed by atoms with Gasteiger partial charge in [-0.25, -0.2) is 0 Å². The van der Waals surface area contributed by atoms with Gasteiger partial charge < -0.3 is 29.0 Å². The molecule has 2 N–H and O–H groups in total. The Labute approximate surface area is 202 Å². The molecule has 0 radical (unpaired) electrons. The van der Waals surface area contributed by atoms with Crippen LogP contribution < -0.4 is 14.4 Å². The highest BCUT2D eigenvalue weighted by Crippen LogP contribution is 2.62. The number of nitrogens with one attached hydrogen (secondary N) is 1. The van der Waals surface area contributed by atoms with Crippen LogP contribution in [0.25, 0.3) is 0 Å². The average Bonchev–Trinajstić information content (AvgIpc) is 3.53. The lowest BCUT2D eigenvalue weighted by Crippen LogP contribution is -3.11. The zero-order valence-electron chi connectivity index (χ0n) is 20.8. The quantitative estimate of drug-likeness (QED) is 0.421. The summed E-state index contributed by atoms with van der Waals surface area (Å²) in [5.41, 5.74) is 1.41. The number of quaternary nitrogens is 1. The van der Waals surface area contributed by atoms with Crippen LogP contribution in [0.5, 0.6) is 11.5 Å². The molecule has 0 amide bonds. The number of hydrogen-bond acceptors (Lipinski definition) is 6. The number of epoxide rings is 1. The third-order valence-corrected chi connectivity index (χ3v) is 9.18. The number of carbonyl (C=O) groups is 1. The van der Waals surface area contributed by atoms with Gasteiger partial charge in [-0.15, -0.1) is 0 Å². The van der Waals surface area contributed by atoms with Crippen molar-refractivity contribution in [2.45, 2.75) is 63.7 Å². The molecule has 34 heavy (non-hydrogen) atoms. The Morgan fingerprint density at radius 3 is 2.71 bits per heavy atom. The fraction of sp³-hybridized carbons (Fsp3) is 0.741. The van der Waals surface area contributed by atoms with Crippen LogP contribution in [0, 0.1) is 23.2 Å². The Hall–Kier alpha value is -1.83. The predicted octanol–water partition coefficient (Wildman–Crippen LogP) is 2.00. The minimum Gasteiger partial charge on any atom is -0.493 e. The molecule has 2 aliphatic carbocycles. The third-order valence-electron chi connectivity index (χ3n) is 9.18. The molecule has 2 aliphatic heterocycles. The Morgan fingerprint density at radius 2 is 2.00 bits per heavy atom. The van der Waals surface area contributed by atoms with Crippen molar-refractivity contribution in [3.8, 4) is 11.5 Å². The summed E-state index contributed by atoms with van der Waals surface area (Å²) in [6, 6.07) is 5.99. The fourth-order valence-corrected chi connectivity index (χ4v) is 7.37. The van der Waals surface area contributed by atoms with Gasteiger partial charge in [0.05, 0.1) is 39.5 Å². The molecule has 1 aromatic rings. The summed E-state index contributed by atoms with van der Waals surface area (Å²) in [7, 11) is 3.28. The van der Waals surface area contributed by atoms with E-state index in [4.69, 9.17) is 18.9 Å². The number of hydrogen-bond donors (Lipinski definition) is 2. The number of esters is 1. The molecule has 7 heteroatoms. The molecule has 7 nitrogen and oxygen atoms in total. The van der Waals surface area contributed by atoms with Crippen molar-refractivity contribution in [1.29, 1.82) is 0 Å². The number of aliphatic hydroxyl groups is 1. The molecule has 188 valence electrons. The summed E-state index contributed by atoms with van der Waals surface area (Å²) in [6.45, 7) is 5.73. The summed E-state index contributed by atoms with van der Waals surface area (Å²) in [5, 5.41) is 9.50. The number of ether oxygens (including phenoxy) is 4. The van der Waals surface area contributed by atoms with E-state index in [1.165, 1.54) is 17.7 Å². The highest BCUT2D eigenvalue weighted by Gasteiger charge is 2.65. The summed E-state index contributed by atoms with van der Waals surface area (Å²) < 4.78 is 22.9. The lowest BCUT2D eigenvalue weighted by Gasteiger charge is -2.51. The van der Waals surface area contributed by atoms with Crippen molar-refractivity contribution in [3.05, 3.63) is 23.8 Å². The van der Waals surface area contributed by atoms with Crippen molar-refractivity contribution in [2.24, 2.45) is 23.2 Å². The van der Waals surface area contributed by atoms with E-state index >= 15 is 0 Å². The molecular formula is C27H40NO6+. The van der Waals surface area contributed by atoms with E-state index in [1.807, 2.05) is 12.1 Å². The van der Waals surface area contributed by atoms with Crippen LogP contribution in [0.15, 0.2) is 18.2 Å². The van der Waals surface area contributed by atoms with Gasteiger partial charge in [0.2, 0.25) is 0 Å². The second-order valence-electron chi connectivity index (χ2n) is 11.2. The van der Waals surface area contributed by atoms with Gasteiger partial charge in [-0.3, -0.25) is 4.79 Å². The van der Waals surface area contributed by atoms with Crippen molar-refractivity contribution in [3.63, 3.8) is 0 Å². The lowest BCUT2D eigenvalue weighted by atomic mass is 9.53. The van der Waals surface area contributed by atoms with Gasteiger partial charge in [-0.05, 0) is 61.6 Å². The van der Waals surface area contributed by atoms with Crippen molar-refractivity contribution < 1.29 is 33.7 Å². The van der Waals surface area contributed by atoms with Gasteiger partial charge in [0.15, 0.2) is 11.5 Å². The summed E-state index contributed by atoms with van der Waals surface area (Å²) in [4.78, 5) is 14.4. The largest absolute Gasteiger partial charge is 0.493 e. The van der Waals surface area contributed by atoms with Crippen LogP contribution in [0.4, 0.5) is 0 Å². The molecular weight excluding hydrogens is 434 g/mol. The van der Waals surface area contributed by atoms with Gasteiger partial charge >= 0.3 is 5.97 Å². The normalized spacial score (nSPS) is 37.0. The van der Waals surface area contributed by atoms with E-state index in [0.717, 1.165) is 51.1 Å². The molecule has 1 spiro atoms. The molecule has 4 aliphatic rings. The van der Waals surface area contributed by atoms with E-state index in [-0.39, 0.29) is 41.5 Å². The van der Waals surface area contributed by atoms with E-state index in [9.17, 15) is 9.90 Å². The van der Waals surface area contributed by atoms with E-state index in [2.05, 4.69) is 13.0 Å². The number of rotatable bonds is 9. The second kappa shape index (κ2) is 9.32. The molecule has 2 heterocycles. The molecule has 4 fully saturated rings. The highest BCUT2D eigenvalue weighted by atomic mass is 16.6. The molecule has 5 rings (SSSR count). The maximum absolute atomic E-state index is 13.1. The Bertz CT molecular complexity index is 901. The van der Waals surface area contributed by atoms with Gasteiger partial charge in [0.1, 0.15) is 18.6 Å². The van der Waals surface area contributed by atoms with E-state index in [1.54, 1.807) is 14.2 Å². The first-order valence-corrected chi connectivity index (χ1v) is 12.9. The predicted molar refractivity (Wildman–Crippen MR) is 126 cm³/mol. The number of carbonyl (C=O) groups excluding carboxylic acids is 1. The zero-order chi connectivity index (χ0) is 23.9. The van der Waals surface area contributed by atoms with E-state index < -0.39 is 0 Å². The summed E-state index contributed by atoms with van der Waals surface area (Å²) in [6.07, 6.45) is 6.33. The maximum atomic E-state index is 13.1. The highest BCUT2D eigenvalue weighted by molar-refractivity contribution is 5.75. The molecule has 2 saturated carbocycles. The molecule has 7 atom stereocenters. The number of benzene rings is 1. The second-order valence-corrected chi connectivity index (χ2v) is 11.2. The van der Waals surface area contributed by atoms with Gasteiger partial charge in [0.25, 0.3) is 0 Å². The standard InChI is InChI=1S/C27H39NO6/c1-26-8-4-9-27(17-33-27)24(26)13-19-20(25(30)34-23(19)14-26)16-28(10-5-11-29)15-18-6-7-21(31-2)22(12-18)32-3/h6-7,12,19-20,23-24,29H,4-5,8-11,13-17H2,1-3H3/p+1. The minimum atomic E-state index is -0.0962. The van der Waals surface area contributed by atoms with Crippen molar-refractivity contribution in [1.82, 2.24) is 0 Å². The van der Waals surface area contributed by atoms with Crippen LogP contribution in [0.3, 0.4) is 0 Å². The first-order chi connectivity index (χ1) is 16.4. The van der Waals surface area contributed by atoms with Gasteiger partial charge in [0, 0.05) is 24.5 Å². The molecule has 0 aromatic heterocycles. The third kappa shape index (κ3) is 4.31. The SMILES string of the molecule is COc1ccc(C[NH+](CCCO)CC2C(=O)OC3CC4(C)CCCC5(CO5)C4CC32)cc1OC. The molecule has 1 aromatic carbocycles. The zero-order valence-corrected chi connectivity index (χ0v) is 20.8. The minimum absolute atomic E-state index is 0.0307. The Morgan fingerprint density at radius 1 is 1.21 bits per heavy atom. The van der Waals surface area contributed by atoms with Crippen LogP contribution in [-0.2, 0) is 20.8 Å². The van der Waals surface area contributed by atoms with Crippen LogP contribution in [0.2, 0.25) is 0 Å². The topological polar surface area (TPSA) is 82.0 Å². The number of fused-ring (bicyclic) bond motifs is 3. The number of methoxy groups -OCH3 is 2. The van der Waals surface area contributed by atoms with Gasteiger partial charge in [-0.1, -0.05) is 6.92 Å². The summed E-state index contributed by atoms with van der Waals surface area (Å²) >= 11 is 0. The summed E-state index contributed by atoms with van der Waals surface area (Å²) in [5.74, 6) is 2.08. The first-order valence-electron chi connectivity index (χ1n) is 12.9. The van der Waals surface area contributed by atoms with E-state index in [0.29, 0.717) is 23.8 Å². The first kappa shape index (κ1) is 23.9. The Balaban J connectivity index is 1.33. The van der Waals surface area contributed by atoms with Crippen molar-refractivity contribution >= 4 is 5.97 Å². The van der Waals surface area contributed by atoms with Gasteiger partial charge in [-0.2, -0.15) is 0 Å². The smallest absolute Gasteiger partial charge is 0.315 e. The molecule has 2 saturated heterocycles. The Kier molecular flexibility index (Phi) is 6.55. The molecule has 0 bridgehead atoms. The van der Waals surface area contributed by atoms with Crippen LogP contribution >= 0.6 is 0 Å². The van der Waals surface area contributed by atoms with Crippen LogP contribution in [0.1, 0.15) is 51.0 Å². The fourth-order valence-electron chi connectivity index (χ4n) is 7.37. The monoisotopic (exact) mass is 474 g/mol. The number of aliphatic hydroxyl groups excluding tert-OH is 1. The lowest BCUT2D eigenvalue weighted by molar-refractivity contribution is -0.916. The average molecular weight is 475 g/mol. The van der Waals surface area contributed by atoms with Crippen molar-refractivity contribution in [2.75, 3.05) is 40.5 Å². The maximum Gasteiger partial charge on any atom is 0.315 e. The van der Waals surface area contributed by atoms with Crippen LogP contribution in [-0.4, -0.2) is 63.3 Å². The molecule has 7 unspecified atom stereocenters.